The molecule has 2 fully saturated rings. The van der Waals surface area contributed by atoms with Crippen molar-refractivity contribution >= 4 is 5.91 Å². The molecule has 2 aromatic rings. The summed E-state index contributed by atoms with van der Waals surface area (Å²) < 4.78 is 7.24. The molecule has 5 heteroatoms. The smallest absolute Gasteiger partial charge is 0.226 e. The SMILES string of the molecule is Cn1cc([C@@H]2CCCN2C(=O)[C@@H]2C[C@@H]2c2ccco2)cn1. The lowest BCUT2D eigenvalue weighted by Crippen LogP contribution is -2.32. The lowest BCUT2D eigenvalue weighted by molar-refractivity contribution is -0.133. The molecule has 0 aromatic carbocycles. The summed E-state index contributed by atoms with van der Waals surface area (Å²) in [7, 11) is 1.92. The van der Waals surface area contributed by atoms with Gasteiger partial charge < -0.3 is 9.32 Å². The molecular weight excluding hydrogens is 266 g/mol. The molecule has 1 aliphatic heterocycles. The molecule has 0 unspecified atom stereocenters. The summed E-state index contributed by atoms with van der Waals surface area (Å²) in [4.78, 5) is 14.8. The molecule has 1 aliphatic carbocycles. The number of aromatic nitrogens is 2. The maximum atomic E-state index is 12.8. The first-order valence-corrected chi connectivity index (χ1v) is 7.56. The zero-order valence-electron chi connectivity index (χ0n) is 12.1. The van der Waals surface area contributed by atoms with Crippen molar-refractivity contribution < 1.29 is 9.21 Å². The van der Waals surface area contributed by atoms with Gasteiger partial charge in [0, 0.05) is 37.2 Å². The molecule has 21 heavy (non-hydrogen) atoms. The van der Waals surface area contributed by atoms with E-state index in [0.29, 0.717) is 0 Å². The quantitative estimate of drug-likeness (QED) is 0.870. The highest BCUT2D eigenvalue weighted by Crippen LogP contribution is 2.50. The second-order valence-electron chi connectivity index (χ2n) is 6.10. The average molecular weight is 285 g/mol. The van der Waals surface area contributed by atoms with E-state index in [4.69, 9.17) is 4.42 Å². The minimum absolute atomic E-state index is 0.105. The third-order valence-electron chi connectivity index (χ3n) is 4.66. The van der Waals surface area contributed by atoms with Crippen LogP contribution in [0.15, 0.2) is 35.2 Å². The highest BCUT2D eigenvalue weighted by atomic mass is 16.3. The predicted molar refractivity (Wildman–Crippen MR) is 76.5 cm³/mol. The highest BCUT2D eigenvalue weighted by molar-refractivity contribution is 5.83. The Balaban J connectivity index is 1.49. The Hall–Kier alpha value is -2.04. The van der Waals surface area contributed by atoms with Gasteiger partial charge in [0.2, 0.25) is 5.91 Å². The van der Waals surface area contributed by atoms with Crippen LogP contribution in [-0.4, -0.2) is 27.1 Å². The third-order valence-corrected chi connectivity index (χ3v) is 4.66. The van der Waals surface area contributed by atoms with Crippen LogP contribution in [0, 0.1) is 5.92 Å². The summed E-state index contributed by atoms with van der Waals surface area (Å²) in [6, 6.07) is 4.06. The number of furan rings is 1. The number of hydrogen-bond acceptors (Lipinski definition) is 3. The summed E-state index contributed by atoms with van der Waals surface area (Å²) in [6.45, 7) is 0.861. The van der Waals surface area contributed by atoms with E-state index < -0.39 is 0 Å². The van der Waals surface area contributed by atoms with Crippen molar-refractivity contribution in [2.24, 2.45) is 13.0 Å². The zero-order valence-corrected chi connectivity index (χ0v) is 12.1. The molecule has 2 aliphatic rings. The van der Waals surface area contributed by atoms with Crippen molar-refractivity contribution in [2.45, 2.75) is 31.2 Å². The van der Waals surface area contributed by atoms with Gasteiger partial charge in [0.25, 0.3) is 0 Å². The van der Waals surface area contributed by atoms with E-state index in [0.717, 1.165) is 37.1 Å². The van der Waals surface area contributed by atoms with Crippen molar-refractivity contribution in [3.63, 3.8) is 0 Å². The number of rotatable bonds is 3. The topological polar surface area (TPSA) is 51.3 Å². The Morgan fingerprint density at radius 3 is 3.10 bits per heavy atom. The van der Waals surface area contributed by atoms with E-state index in [1.807, 2.05) is 36.5 Å². The Kier molecular flexibility index (Phi) is 2.87. The summed E-state index contributed by atoms with van der Waals surface area (Å²) in [5.41, 5.74) is 1.15. The summed E-state index contributed by atoms with van der Waals surface area (Å²) >= 11 is 0. The number of nitrogens with zero attached hydrogens (tertiary/aromatic N) is 3. The Labute approximate surface area is 123 Å². The molecule has 110 valence electrons. The minimum atomic E-state index is 0.105. The fourth-order valence-electron chi connectivity index (χ4n) is 3.49. The maximum absolute atomic E-state index is 12.8. The van der Waals surface area contributed by atoms with Crippen LogP contribution < -0.4 is 0 Å². The molecule has 0 spiro atoms. The first-order chi connectivity index (χ1) is 10.2. The van der Waals surface area contributed by atoms with Crippen molar-refractivity contribution in [2.75, 3.05) is 6.54 Å². The lowest BCUT2D eigenvalue weighted by atomic mass is 10.1. The molecule has 3 heterocycles. The van der Waals surface area contributed by atoms with Crippen molar-refractivity contribution in [3.8, 4) is 0 Å². The molecular formula is C16H19N3O2. The zero-order chi connectivity index (χ0) is 14.4. The van der Waals surface area contributed by atoms with E-state index in [9.17, 15) is 4.79 Å². The minimum Gasteiger partial charge on any atom is -0.469 e. The van der Waals surface area contributed by atoms with Gasteiger partial charge in [-0.05, 0) is 31.4 Å². The van der Waals surface area contributed by atoms with Gasteiger partial charge in [0.1, 0.15) is 5.76 Å². The fourth-order valence-corrected chi connectivity index (χ4v) is 3.49. The van der Waals surface area contributed by atoms with E-state index in [-0.39, 0.29) is 23.8 Å². The van der Waals surface area contributed by atoms with Crippen LogP contribution in [0.5, 0.6) is 0 Å². The third kappa shape index (κ3) is 2.17. The largest absolute Gasteiger partial charge is 0.469 e. The van der Waals surface area contributed by atoms with Gasteiger partial charge in [-0.3, -0.25) is 9.48 Å². The first kappa shape index (κ1) is 12.7. The van der Waals surface area contributed by atoms with Crippen LogP contribution in [0.3, 0.4) is 0 Å². The Bertz CT molecular complexity index is 646. The normalized spacial score (nSPS) is 28.0. The van der Waals surface area contributed by atoms with Gasteiger partial charge in [-0.1, -0.05) is 0 Å². The van der Waals surface area contributed by atoms with Crippen molar-refractivity contribution in [3.05, 3.63) is 42.1 Å². The van der Waals surface area contributed by atoms with E-state index in [2.05, 4.69) is 5.10 Å². The second-order valence-corrected chi connectivity index (χ2v) is 6.10. The van der Waals surface area contributed by atoms with E-state index in [1.165, 1.54) is 0 Å². The van der Waals surface area contributed by atoms with Gasteiger partial charge in [0.05, 0.1) is 18.5 Å². The second kappa shape index (κ2) is 4.76. The number of aryl methyl sites for hydroxylation is 1. The number of amides is 1. The van der Waals surface area contributed by atoms with Crippen LogP contribution in [-0.2, 0) is 11.8 Å². The first-order valence-electron chi connectivity index (χ1n) is 7.56. The molecule has 0 bridgehead atoms. The van der Waals surface area contributed by atoms with Crippen LogP contribution >= 0.6 is 0 Å². The van der Waals surface area contributed by atoms with Crippen LogP contribution in [0.1, 0.15) is 42.5 Å². The molecule has 1 amide bonds. The monoisotopic (exact) mass is 285 g/mol. The number of carbonyl (C=O) groups excluding carboxylic acids is 1. The molecule has 0 N–H and O–H groups in total. The molecule has 0 radical (unpaired) electrons. The standard InChI is InChI=1S/C16H19N3O2/c1-18-10-11(9-17-18)14-4-2-6-19(14)16(20)13-8-12(13)15-5-3-7-21-15/h3,5,7,9-10,12-14H,2,4,6,8H2,1H3/t12-,13+,14-/m0/s1. The van der Waals surface area contributed by atoms with E-state index in [1.54, 1.807) is 10.9 Å². The van der Waals surface area contributed by atoms with Gasteiger partial charge in [0.15, 0.2) is 0 Å². The summed E-state index contributed by atoms with van der Waals surface area (Å²) in [5, 5.41) is 4.23. The molecule has 1 saturated carbocycles. The Morgan fingerprint density at radius 2 is 2.38 bits per heavy atom. The number of carbonyl (C=O) groups is 1. The summed E-state index contributed by atoms with van der Waals surface area (Å²) in [6.07, 6.45) is 8.62. The van der Waals surface area contributed by atoms with Crippen LogP contribution in [0.2, 0.25) is 0 Å². The molecule has 5 nitrogen and oxygen atoms in total. The maximum Gasteiger partial charge on any atom is 0.226 e. The van der Waals surface area contributed by atoms with E-state index >= 15 is 0 Å². The van der Waals surface area contributed by atoms with Gasteiger partial charge in [-0.25, -0.2) is 0 Å². The molecule has 2 aromatic heterocycles. The van der Waals surface area contributed by atoms with Gasteiger partial charge in [-0.2, -0.15) is 5.10 Å². The van der Waals surface area contributed by atoms with Crippen molar-refractivity contribution in [1.29, 1.82) is 0 Å². The van der Waals surface area contributed by atoms with Crippen LogP contribution in [0.4, 0.5) is 0 Å². The fraction of sp³-hybridized carbons (Fsp3) is 0.500. The number of hydrogen-bond donors (Lipinski definition) is 0. The average Bonchev–Trinajstić information content (AvgIpc) is 2.95. The highest BCUT2D eigenvalue weighted by Gasteiger charge is 2.49. The molecule has 4 rings (SSSR count). The molecule has 3 atom stereocenters. The van der Waals surface area contributed by atoms with Crippen LogP contribution in [0.25, 0.3) is 0 Å². The summed E-state index contributed by atoms with van der Waals surface area (Å²) in [5.74, 6) is 1.62. The number of likely N-dealkylation sites (tertiary alicyclic amines) is 1. The predicted octanol–water partition coefficient (Wildman–Crippen LogP) is 2.48. The van der Waals surface area contributed by atoms with Crippen molar-refractivity contribution in [1.82, 2.24) is 14.7 Å². The molecule has 1 saturated heterocycles. The van der Waals surface area contributed by atoms with Gasteiger partial charge >= 0.3 is 0 Å². The van der Waals surface area contributed by atoms with Gasteiger partial charge in [-0.15, -0.1) is 0 Å². The Morgan fingerprint density at radius 1 is 1.48 bits per heavy atom. The lowest BCUT2D eigenvalue weighted by Gasteiger charge is -2.24.